The van der Waals surface area contributed by atoms with Gasteiger partial charge in [-0.2, -0.15) is 5.10 Å². The number of hydrogen-bond acceptors (Lipinski definition) is 5. The summed E-state index contributed by atoms with van der Waals surface area (Å²) in [6.45, 7) is 4.45. The summed E-state index contributed by atoms with van der Waals surface area (Å²) in [6, 6.07) is 4.91. The standard InChI is InChI=1S/C21H25FN4O3/c1-12-16(13(2)24-23-12)19(27)17-18(14-7-5-8-15(22)11-14)26(21(29)20(17)28)10-6-9-25(3)4/h5,7-8,11,18,27H,6,9-10H2,1-4H3,(H,23,24)/b19-17+/t18-/m1/s1. The van der Waals surface area contributed by atoms with Gasteiger partial charge in [-0.1, -0.05) is 12.1 Å². The van der Waals surface area contributed by atoms with Crippen LogP contribution in [0.15, 0.2) is 29.8 Å². The molecule has 1 aliphatic heterocycles. The molecule has 1 aromatic heterocycles. The summed E-state index contributed by atoms with van der Waals surface area (Å²) in [5.74, 6) is -2.24. The number of benzene rings is 1. The number of aryl methyl sites for hydroxylation is 2. The first-order valence-electron chi connectivity index (χ1n) is 9.43. The Bertz CT molecular complexity index is 961. The summed E-state index contributed by atoms with van der Waals surface area (Å²) in [5, 5.41) is 17.8. The molecule has 0 radical (unpaired) electrons. The molecule has 0 spiro atoms. The molecule has 7 nitrogen and oxygen atoms in total. The van der Waals surface area contributed by atoms with Gasteiger partial charge in [0.2, 0.25) is 0 Å². The second-order valence-electron chi connectivity index (χ2n) is 7.51. The lowest BCUT2D eigenvalue weighted by molar-refractivity contribution is -0.139. The van der Waals surface area contributed by atoms with Gasteiger partial charge in [-0.25, -0.2) is 4.39 Å². The summed E-state index contributed by atoms with van der Waals surface area (Å²) < 4.78 is 13.9. The number of hydrogen-bond donors (Lipinski definition) is 2. The van der Waals surface area contributed by atoms with Crippen molar-refractivity contribution in [3.05, 3.63) is 58.2 Å². The smallest absolute Gasteiger partial charge is 0.295 e. The maximum absolute atomic E-state index is 13.9. The Morgan fingerprint density at radius 1 is 1.31 bits per heavy atom. The van der Waals surface area contributed by atoms with E-state index in [0.29, 0.717) is 35.5 Å². The van der Waals surface area contributed by atoms with Crippen LogP contribution in [0.5, 0.6) is 0 Å². The van der Waals surface area contributed by atoms with Crippen molar-refractivity contribution in [2.45, 2.75) is 26.3 Å². The van der Waals surface area contributed by atoms with E-state index < -0.39 is 23.5 Å². The average Bonchev–Trinajstić information content (AvgIpc) is 3.12. The summed E-state index contributed by atoms with van der Waals surface area (Å²) >= 11 is 0. The van der Waals surface area contributed by atoms with E-state index in [9.17, 15) is 19.1 Å². The predicted octanol–water partition coefficient (Wildman–Crippen LogP) is 2.54. The van der Waals surface area contributed by atoms with Crippen LogP contribution < -0.4 is 0 Å². The largest absolute Gasteiger partial charge is 0.507 e. The number of carbonyl (C=O) groups excluding carboxylic acids is 2. The highest BCUT2D eigenvalue weighted by atomic mass is 19.1. The second kappa shape index (κ2) is 8.16. The molecule has 0 bridgehead atoms. The minimum Gasteiger partial charge on any atom is -0.507 e. The lowest BCUT2D eigenvalue weighted by Crippen LogP contribution is -2.32. The van der Waals surface area contributed by atoms with Crippen LogP contribution in [0, 0.1) is 19.7 Å². The van der Waals surface area contributed by atoms with Gasteiger partial charge in [0.25, 0.3) is 11.7 Å². The Hall–Kier alpha value is -3.00. The molecular weight excluding hydrogens is 375 g/mol. The Balaban J connectivity index is 2.13. The monoisotopic (exact) mass is 400 g/mol. The van der Waals surface area contributed by atoms with E-state index in [-0.39, 0.29) is 11.3 Å². The number of aromatic nitrogens is 2. The van der Waals surface area contributed by atoms with Gasteiger partial charge < -0.3 is 14.9 Å². The van der Waals surface area contributed by atoms with Crippen LogP contribution >= 0.6 is 0 Å². The maximum atomic E-state index is 13.9. The minimum atomic E-state index is -0.860. The summed E-state index contributed by atoms with van der Waals surface area (Å²) in [7, 11) is 3.84. The highest BCUT2D eigenvalue weighted by Gasteiger charge is 2.46. The zero-order chi connectivity index (χ0) is 21.3. The number of rotatable bonds is 6. The molecule has 3 rings (SSSR count). The lowest BCUT2D eigenvalue weighted by atomic mass is 9.94. The van der Waals surface area contributed by atoms with Gasteiger partial charge in [0, 0.05) is 12.2 Å². The quantitative estimate of drug-likeness (QED) is 0.442. The van der Waals surface area contributed by atoms with Crippen molar-refractivity contribution >= 4 is 17.4 Å². The fourth-order valence-corrected chi connectivity index (χ4v) is 3.73. The van der Waals surface area contributed by atoms with Crippen LogP contribution in [-0.2, 0) is 9.59 Å². The van der Waals surface area contributed by atoms with Crippen molar-refractivity contribution in [3.8, 4) is 0 Å². The van der Waals surface area contributed by atoms with Crippen molar-refractivity contribution in [1.82, 2.24) is 20.0 Å². The van der Waals surface area contributed by atoms with E-state index in [1.54, 1.807) is 19.9 Å². The van der Waals surface area contributed by atoms with Crippen molar-refractivity contribution in [2.24, 2.45) is 0 Å². The Kier molecular flexibility index (Phi) is 5.83. The van der Waals surface area contributed by atoms with Crippen LogP contribution in [-0.4, -0.2) is 64.0 Å². The number of likely N-dealkylation sites (tertiary alicyclic amines) is 1. The van der Waals surface area contributed by atoms with Crippen LogP contribution in [0.3, 0.4) is 0 Å². The minimum absolute atomic E-state index is 0.0435. The van der Waals surface area contributed by atoms with Gasteiger partial charge in [0.05, 0.1) is 22.9 Å². The summed E-state index contributed by atoms with van der Waals surface area (Å²) in [6.07, 6.45) is 0.635. The van der Waals surface area contributed by atoms with Crippen LogP contribution in [0.2, 0.25) is 0 Å². The molecule has 8 heteroatoms. The number of carbonyl (C=O) groups is 2. The van der Waals surface area contributed by atoms with Crippen molar-refractivity contribution < 1.29 is 19.1 Å². The first kappa shape index (κ1) is 20.7. The molecule has 2 N–H and O–H groups in total. The number of Topliss-reactive ketones (excluding diaryl/α,β-unsaturated/α-hetero) is 1. The molecule has 1 fully saturated rings. The number of nitrogens with one attached hydrogen (secondary N) is 1. The highest BCUT2D eigenvalue weighted by Crippen LogP contribution is 2.40. The Morgan fingerprint density at radius 2 is 2.03 bits per heavy atom. The maximum Gasteiger partial charge on any atom is 0.295 e. The van der Waals surface area contributed by atoms with Gasteiger partial charge in [0.1, 0.15) is 11.6 Å². The molecule has 1 saturated heterocycles. The first-order chi connectivity index (χ1) is 13.7. The number of aliphatic hydroxyl groups is 1. The lowest BCUT2D eigenvalue weighted by Gasteiger charge is -2.26. The molecule has 154 valence electrons. The van der Waals surface area contributed by atoms with Crippen LogP contribution in [0.25, 0.3) is 5.76 Å². The summed E-state index contributed by atoms with van der Waals surface area (Å²) in [4.78, 5) is 29.1. The topological polar surface area (TPSA) is 89.5 Å². The molecule has 0 aliphatic carbocycles. The van der Waals surface area contributed by atoms with E-state index in [0.717, 1.165) is 6.54 Å². The SMILES string of the molecule is Cc1n[nH]c(C)c1/C(O)=C1\C(=O)C(=O)N(CCCN(C)C)[C@@H]1c1cccc(F)c1. The molecule has 29 heavy (non-hydrogen) atoms. The molecule has 0 saturated carbocycles. The second-order valence-corrected chi connectivity index (χ2v) is 7.51. The van der Waals surface area contributed by atoms with Gasteiger partial charge in [0.15, 0.2) is 0 Å². The Labute approximate surface area is 168 Å². The zero-order valence-electron chi connectivity index (χ0n) is 17.0. The van der Waals surface area contributed by atoms with Crippen molar-refractivity contribution in [2.75, 3.05) is 27.2 Å². The van der Waals surface area contributed by atoms with E-state index in [4.69, 9.17) is 0 Å². The molecule has 1 aromatic carbocycles. The fraction of sp³-hybridized carbons (Fsp3) is 0.381. The van der Waals surface area contributed by atoms with Crippen LogP contribution in [0.1, 0.15) is 35.0 Å². The number of aromatic amines is 1. The number of aliphatic hydroxyl groups excluding tert-OH is 1. The van der Waals surface area contributed by atoms with Gasteiger partial charge >= 0.3 is 0 Å². The third-order valence-corrected chi connectivity index (χ3v) is 5.07. The van der Waals surface area contributed by atoms with E-state index in [1.807, 2.05) is 19.0 Å². The molecule has 2 aromatic rings. The van der Waals surface area contributed by atoms with Gasteiger partial charge in [-0.15, -0.1) is 0 Å². The number of H-pyrrole nitrogens is 1. The molecule has 0 unspecified atom stereocenters. The van der Waals surface area contributed by atoms with Crippen LogP contribution in [0.4, 0.5) is 4.39 Å². The molecule has 1 aliphatic rings. The van der Waals surface area contributed by atoms with E-state index in [2.05, 4.69) is 10.2 Å². The zero-order valence-corrected chi connectivity index (χ0v) is 17.0. The normalized spacial score (nSPS) is 18.8. The van der Waals surface area contributed by atoms with E-state index >= 15 is 0 Å². The summed E-state index contributed by atoms with van der Waals surface area (Å²) in [5.41, 5.74) is 1.87. The molecule has 2 heterocycles. The predicted molar refractivity (Wildman–Crippen MR) is 107 cm³/mol. The number of nitrogens with zero attached hydrogens (tertiary/aromatic N) is 3. The number of amides is 1. The molecule has 1 atom stereocenters. The molecule has 1 amide bonds. The van der Waals surface area contributed by atoms with Crippen molar-refractivity contribution in [3.63, 3.8) is 0 Å². The van der Waals surface area contributed by atoms with Crippen molar-refractivity contribution in [1.29, 1.82) is 0 Å². The molecular formula is C21H25FN4O3. The van der Waals surface area contributed by atoms with Gasteiger partial charge in [-0.3, -0.25) is 14.7 Å². The highest BCUT2D eigenvalue weighted by molar-refractivity contribution is 6.46. The Morgan fingerprint density at radius 3 is 2.62 bits per heavy atom. The van der Waals surface area contributed by atoms with Gasteiger partial charge in [-0.05, 0) is 58.6 Å². The third-order valence-electron chi connectivity index (χ3n) is 5.07. The number of halogens is 1. The average molecular weight is 400 g/mol. The fourth-order valence-electron chi connectivity index (χ4n) is 3.73. The third kappa shape index (κ3) is 3.93. The number of ketones is 1. The van der Waals surface area contributed by atoms with E-state index in [1.165, 1.54) is 23.1 Å². The first-order valence-corrected chi connectivity index (χ1v) is 9.43.